The molecule has 4 amide bonds. The maximum Gasteiger partial charge on any atom is 0.321 e. The normalized spacial score (nSPS) is 14.9. The molecule has 0 unspecified atom stereocenters. The fraction of sp³-hybridized carbons (Fsp3) is 0.368. The molecule has 1 aromatic carbocycles. The average Bonchev–Trinajstić information content (AvgIpc) is 2.64. The van der Waals surface area contributed by atoms with Crippen molar-refractivity contribution in [1.29, 1.82) is 0 Å². The van der Waals surface area contributed by atoms with Gasteiger partial charge in [0.2, 0.25) is 5.91 Å². The molecule has 0 bridgehead atoms. The fourth-order valence-corrected chi connectivity index (χ4v) is 2.72. The van der Waals surface area contributed by atoms with Crippen LogP contribution in [0.3, 0.4) is 0 Å². The van der Waals surface area contributed by atoms with Crippen molar-refractivity contribution in [2.75, 3.05) is 13.2 Å². The number of carbonyl (C=O) groups excluding carboxylic acids is 4. The highest BCUT2D eigenvalue weighted by molar-refractivity contribution is 5.95. The summed E-state index contributed by atoms with van der Waals surface area (Å²) >= 11 is 0. The molecule has 2 N–H and O–H groups in total. The Kier molecular flexibility index (Phi) is 7.10. The summed E-state index contributed by atoms with van der Waals surface area (Å²) in [6, 6.07) is 6.30. The van der Waals surface area contributed by atoms with E-state index in [0.29, 0.717) is 6.54 Å². The van der Waals surface area contributed by atoms with Crippen molar-refractivity contribution in [3.63, 3.8) is 0 Å². The second-order valence-electron chi connectivity index (χ2n) is 6.06. The quantitative estimate of drug-likeness (QED) is 0.739. The van der Waals surface area contributed by atoms with E-state index in [1.807, 2.05) is 31.2 Å². The number of imide groups is 1. The lowest BCUT2D eigenvalue weighted by molar-refractivity contribution is -0.149. The molecule has 1 aliphatic rings. The van der Waals surface area contributed by atoms with Gasteiger partial charge in [-0.2, -0.15) is 0 Å². The molecule has 2 rings (SSSR count). The molecule has 1 aromatic rings. The monoisotopic (exact) mass is 373 g/mol. The van der Waals surface area contributed by atoms with E-state index in [4.69, 9.17) is 4.74 Å². The van der Waals surface area contributed by atoms with Crippen LogP contribution < -0.4 is 10.6 Å². The molecule has 8 heteroatoms. The van der Waals surface area contributed by atoms with Crippen LogP contribution in [0, 0.1) is 0 Å². The van der Waals surface area contributed by atoms with Gasteiger partial charge in [-0.05, 0) is 23.6 Å². The first-order chi connectivity index (χ1) is 12.9. The summed E-state index contributed by atoms with van der Waals surface area (Å²) in [6.45, 7) is 3.17. The van der Waals surface area contributed by atoms with Gasteiger partial charge >= 0.3 is 12.0 Å². The third-order valence-corrected chi connectivity index (χ3v) is 3.98. The van der Waals surface area contributed by atoms with Gasteiger partial charge in [-0.25, -0.2) is 4.79 Å². The van der Waals surface area contributed by atoms with Crippen LogP contribution in [0.1, 0.15) is 43.9 Å². The first kappa shape index (κ1) is 20.2. The number of hydrogen-bond acceptors (Lipinski definition) is 5. The Morgan fingerprint density at radius 2 is 1.93 bits per heavy atom. The largest absolute Gasteiger partial charge is 0.455 e. The van der Waals surface area contributed by atoms with E-state index >= 15 is 0 Å². The zero-order chi connectivity index (χ0) is 19.8. The van der Waals surface area contributed by atoms with Gasteiger partial charge in [-0.15, -0.1) is 0 Å². The Labute approximate surface area is 157 Å². The summed E-state index contributed by atoms with van der Waals surface area (Å²) in [7, 11) is 0. The minimum absolute atomic E-state index is 0.101. The molecule has 144 valence electrons. The number of nitrogens with zero attached hydrogens (tertiary/aromatic N) is 1. The van der Waals surface area contributed by atoms with E-state index in [2.05, 4.69) is 10.6 Å². The highest BCUT2D eigenvalue weighted by atomic mass is 16.5. The molecule has 1 aliphatic heterocycles. The molecular formula is C19H23N3O5. The van der Waals surface area contributed by atoms with Crippen LogP contribution in [0.2, 0.25) is 0 Å². The lowest BCUT2D eigenvalue weighted by Crippen LogP contribution is -2.41. The number of amides is 4. The van der Waals surface area contributed by atoms with Crippen molar-refractivity contribution in [2.45, 2.75) is 32.7 Å². The maximum atomic E-state index is 12.2. The minimum atomic E-state index is -0.718. The smallest absolute Gasteiger partial charge is 0.321 e. The van der Waals surface area contributed by atoms with Crippen molar-refractivity contribution < 1.29 is 23.9 Å². The molecule has 0 fully saturated rings. The molecule has 8 nitrogen and oxygen atoms in total. The Balaban J connectivity index is 1.93. The average molecular weight is 373 g/mol. The van der Waals surface area contributed by atoms with Crippen LogP contribution in [-0.2, 0) is 19.1 Å². The standard InChI is InChI=1S/C19H23N3O5/c1-3-9-20-19(26)21-17(24)12-27-18(25)11-16-15-7-5-4-6-14(15)8-10-22(16)13(2)23/h4-8,10,16H,3,9,11-12H2,1-2H3,(H2,20,21,24,26)/t16-/m1/s1. The summed E-state index contributed by atoms with van der Waals surface area (Å²) in [4.78, 5) is 48.6. The van der Waals surface area contributed by atoms with E-state index in [9.17, 15) is 19.2 Å². The molecular weight excluding hydrogens is 350 g/mol. The topological polar surface area (TPSA) is 105 Å². The van der Waals surface area contributed by atoms with Gasteiger partial charge in [-0.3, -0.25) is 19.7 Å². The maximum absolute atomic E-state index is 12.2. The predicted molar refractivity (Wildman–Crippen MR) is 98.1 cm³/mol. The number of nitrogens with one attached hydrogen (secondary N) is 2. The number of benzene rings is 1. The van der Waals surface area contributed by atoms with Crippen molar-refractivity contribution in [1.82, 2.24) is 15.5 Å². The Morgan fingerprint density at radius 1 is 1.19 bits per heavy atom. The first-order valence-electron chi connectivity index (χ1n) is 8.71. The summed E-state index contributed by atoms with van der Waals surface area (Å²) in [5.74, 6) is -1.56. The molecule has 0 saturated heterocycles. The number of fused-ring (bicyclic) bond motifs is 1. The SMILES string of the molecule is CCCNC(=O)NC(=O)COC(=O)C[C@@H]1c2ccccc2C=CN1C(C)=O. The Morgan fingerprint density at radius 3 is 2.63 bits per heavy atom. The molecule has 1 atom stereocenters. The number of carbonyl (C=O) groups is 4. The van der Waals surface area contributed by atoms with Gasteiger partial charge in [0.15, 0.2) is 6.61 Å². The summed E-state index contributed by atoms with van der Waals surface area (Å²) in [6.07, 6.45) is 4.07. The molecule has 0 spiro atoms. The lowest BCUT2D eigenvalue weighted by Gasteiger charge is -2.32. The molecule has 0 radical (unpaired) electrons. The second-order valence-corrected chi connectivity index (χ2v) is 6.06. The highest BCUT2D eigenvalue weighted by Gasteiger charge is 2.29. The number of urea groups is 1. The van der Waals surface area contributed by atoms with Gasteiger partial charge in [0.25, 0.3) is 5.91 Å². The van der Waals surface area contributed by atoms with Crippen LogP contribution in [0.15, 0.2) is 30.5 Å². The van der Waals surface area contributed by atoms with Gasteiger partial charge in [0.05, 0.1) is 12.5 Å². The van der Waals surface area contributed by atoms with Gasteiger partial charge in [0.1, 0.15) is 0 Å². The molecule has 1 heterocycles. The molecule has 27 heavy (non-hydrogen) atoms. The number of ether oxygens (including phenoxy) is 1. The third-order valence-electron chi connectivity index (χ3n) is 3.98. The predicted octanol–water partition coefficient (Wildman–Crippen LogP) is 1.73. The number of hydrogen-bond donors (Lipinski definition) is 2. The highest BCUT2D eigenvalue weighted by Crippen LogP contribution is 2.32. The zero-order valence-electron chi connectivity index (χ0n) is 15.4. The Bertz CT molecular complexity index is 759. The van der Waals surface area contributed by atoms with Gasteiger partial charge in [-0.1, -0.05) is 31.2 Å². The molecule has 0 saturated carbocycles. The van der Waals surface area contributed by atoms with E-state index in [0.717, 1.165) is 17.5 Å². The van der Waals surface area contributed by atoms with E-state index < -0.39 is 30.6 Å². The van der Waals surface area contributed by atoms with Gasteiger partial charge in [0, 0.05) is 19.7 Å². The fourth-order valence-electron chi connectivity index (χ4n) is 2.72. The van der Waals surface area contributed by atoms with E-state index in [1.165, 1.54) is 11.8 Å². The van der Waals surface area contributed by atoms with E-state index in [-0.39, 0.29) is 12.3 Å². The Hall–Kier alpha value is -3.16. The van der Waals surface area contributed by atoms with Crippen molar-refractivity contribution >= 4 is 29.9 Å². The van der Waals surface area contributed by atoms with Crippen LogP contribution >= 0.6 is 0 Å². The van der Waals surface area contributed by atoms with Crippen LogP contribution in [-0.4, -0.2) is 41.9 Å². The second kappa shape index (κ2) is 9.51. The van der Waals surface area contributed by atoms with Crippen LogP contribution in [0.25, 0.3) is 6.08 Å². The number of esters is 1. The first-order valence-corrected chi connectivity index (χ1v) is 8.71. The summed E-state index contributed by atoms with van der Waals surface area (Å²) < 4.78 is 4.96. The van der Waals surface area contributed by atoms with Crippen molar-refractivity contribution in [3.05, 3.63) is 41.6 Å². The van der Waals surface area contributed by atoms with Crippen LogP contribution in [0.4, 0.5) is 4.79 Å². The zero-order valence-corrected chi connectivity index (χ0v) is 15.4. The summed E-state index contributed by atoms with van der Waals surface area (Å²) in [5, 5.41) is 4.56. The van der Waals surface area contributed by atoms with Crippen molar-refractivity contribution in [3.8, 4) is 0 Å². The van der Waals surface area contributed by atoms with Gasteiger partial charge < -0.3 is 15.0 Å². The van der Waals surface area contributed by atoms with Crippen LogP contribution in [0.5, 0.6) is 0 Å². The van der Waals surface area contributed by atoms with E-state index in [1.54, 1.807) is 12.3 Å². The summed E-state index contributed by atoms with van der Waals surface area (Å²) in [5.41, 5.74) is 1.74. The molecule has 0 aliphatic carbocycles. The lowest BCUT2D eigenvalue weighted by atomic mass is 9.94. The minimum Gasteiger partial charge on any atom is -0.455 e. The third kappa shape index (κ3) is 5.67. The van der Waals surface area contributed by atoms with Crippen molar-refractivity contribution in [2.24, 2.45) is 0 Å². The number of rotatable bonds is 6. The molecule has 0 aromatic heterocycles.